The average Bonchev–Trinajstić information content (AvgIpc) is 3.68. The van der Waals surface area contributed by atoms with Crippen LogP contribution in [0.25, 0.3) is 0 Å². The second-order valence-corrected chi connectivity index (χ2v) is 11.3. The van der Waals surface area contributed by atoms with Crippen LogP contribution in [0.3, 0.4) is 0 Å². The maximum Gasteiger partial charge on any atom is 0.306 e. The summed E-state index contributed by atoms with van der Waals surface area (Å²) in [6.45, 7) is 6.46. The van der Waals surface area contributed by atoms with Crippen LogP contribution in [0.4, 0.5) is 0 Å². The molecule has 1 aliphatic heterocycles. The summed E-state index contributed by atoms with van der Waals surface area (Å²) in [7, 11) is 1.58. The van der Waals surface area contributed by atoms with Crippen molar-refractivity contribution in [1.82, 2.24) is 5.32 Å². The van der Waals surface area contributed by atoms with Gasteiger partial charge in [-0.1, -0.05) is 12.1 Å². The number of hydrogen-bond donors (Lipinski definition) is 2. The van der Waals surface area contributed by atoms with Gasteiger partial charge in [-0.15, -0.1) is 0 Å². The van der Waals surface area contributed by atoms with E-state index in [2.05, 4.69) is 5.32 Å². The molecule has 1 heterocycles. The lowest BCUT2D eigenvalue weighted by Gasteiger charge is -2.31. The Kier molecular flexibility index (Phi) is 9.35. The van der Waals surface area contributed by atoms with Crippen LogP contribution < -0.4 is 14.8 Å². The highest BCUT2D eigenvalue weighted by Crippen LogP contribution is 2.44. The fourth-order valence-electron chi connectivity index (χ4n) is 4.57. The number of aliphatic hydroxyl groups is 1. The number of amides is 1. The van der Waals surface area contributed by atoms with Crippen molar-refractivity contribution in [3.63, 3.8) is 0 Å². The number of nitrogens with one attached hydrogen (secondary N) is 1. The minimum atomic E-state index is -1.40. The Bertz CT molecular complexity index is 1200. The smallest absolute Gasteiger partial charge is 0.306 e. The molecular weight excluding hydrogens is 512 g/mol. The summed E-state index contributed by atoms with van der Waals surface area (Å²) in [5, 5.41) is 12.1. The number of methoxy groups -OCH3 is 1. The molecule has 1 aliphatic carbocycles. The number of ether oxygens (including phenoxy) is 4. The van der Waals surface area contributed by atoms with E-state index in [4.69, 9.17) is 29.0 Å². The third-order valence-electron chi connectivity index (χ3n) is 6.80. The van der Waals surface area contributed by atoms with Crippen molar-refractivity contribution < 1.29 is 33.6 Å². The number of nitrogens with zero attached hydrogens (tertiary/aromatic N) is 1. The van der Waals surface area contributed by atoms with E-state index in [1.54, 1.807) is 19.2 Å². The molecule has 1 fully saturated rings. The Labute approximate surface area is 235 Å². The summed E-state index contributed by atoms with van der Waals surface area (Å²) in [6.07, 6.45) is 2.01. The van der Waals surface area contributed by atoms with E-state index in [-0.39, 0.29) is 25.4 Å². The standard InChI is InChI=1S/C31H40N2O7/c1-30(2,3)40-26(35)15-16-31(29(36)32-20-21-9-10-21)27(23-7-5-8-25(19-23)37-4)39-28(33-31)22-11-13-24(14-12-22)38-18-6-17-34/h5,7-8,11-14,19,21,27,34H,6,9-10,15-18,20H2,1-4H3,(H,32,36)/t27-,31-/m1/s1. The monoisotopic (exact) mass is 552 g/mol. The zero-order valence-electron chi connectivity index (χ0n) is 23.8. The molecule has 2 aromatic rings. The van der Waals surface area contributed by atoms with Crippen molar-refractivity contribution in [3.05, 3.63) is 59.7 Å². The highest BCUT2D eigenvalue weighted by atomic mass is 16.6. The number of carbonyl (C=O) groups excluding carboxylic acids is 2. The number of carbonyl (C=O) groups is 2. The van der Waals surface area contributed by atoms with Crippen LogP contribution in [0, 0.1) is 5.92 Å². The fourth-order valence-corrected chi connectivity index (χ4v) is 4.57. The Balaban J connectivity index is 1.70. The van der Waals surface area contributed by atoms with Crippen LogP contribution in [0.1, 0.15) is 70.1 Å². The minimum Gasteiger partial charge on any atom is -0.497 e. The van der Waals surface area contributed by atoms with Crippen molar-refractivity contribution in [2.75, 3.05) is 26.9 Å². The van der Waals surface area contributed by atoms with Crippen LogP contribution >= 0.6 is 0 Å². The minimum absolute atomic E-state index is 0.00758. The molecule has 0 aromatic heterocycles. The van der Waals surface area contributed by atoms with Gasteiger partial charge in [0.2, 0.25) is 5.90 Å². The molecule has 0 saturated heterocycles. The number of hydrogen-bond acceptors (Lipinski definition) is 8. The van der Waals surface area contributed by atoms with Crippen molar-refractivity contribution in [3.8, 4) is 11.5 Å². The molecule has 2 aromatic carbocycles. The highest BCUT2D eigenvalue weighted by molar-refractivity contribution is 6.01. The van der Waals surface area contributed by atoms with Gasteiger partial charge in [-0.05, 0) is 87.9 Å². The van der Waals surface area contributed by atoms with E-state index in [1.165, 1.54) is 0 Å². The number of rotatable bonds is 13. The molecule has 2 atom stereocenters. The first-order chi connectivity index (χ1) is 19.1. The van der Waals surface area contributed by atoms with E-state index < -0.39 is 23.2 Å². The summed E-state index contributed by atoms with van der Waals surface area (Å²) in [5.41, 5.74) is -0.653. The predicted octanol–water partition coefficient (Wildman–Crippen LogP) is 4.36. The molecule has 0 spiro atoms. The number of benzene rings is 2. The Morgan fingerprint density at radius 3 is 2.52 bits per heavy atom. The topological polar surface area (TPSA) is 116 Å². The van der Waals surface area contributed by atoms with Gasteiger partial charge >= 0.3 is 5.97 Å². The van der Waals surface area contributed by atoms with Gasteiger partial charge in [0.15, 0.2) is 11.6 Å². The van der Waals surface area contributed by atoms with Crippen LogP contribution in [0.15, 0.2) is 53.5 Å². The number of aliphatic imine (C=N–C) groups is 1. The van der Waals surface area contributed by atoms with Gasteiger partial charge in [-0.3, -0.25) is 9.59 Å². The summed E-state index contributed by atoms with van der Waals surface area (Å²) in [5.74, 6) is 1.36. The Morgan fingerprint density at radius 1 is 1.12 bits per heavy atom. The Hall–Kier alpha value is -3.59. The van der Waals surface area contributed by atoms with Gasteiger partial charge in [0, 0.05) is 31.6 Å². The lowest BCUT2D eigenvalue weighted by atomic mass is 9.83. The van der Waals surface area contributed by atoms with Gasteiger partial charge in [0.25, 0.3) is 5.91 Å². The summed E-state index contributed by atoms with van der Waals surface area (Å²) < 4.78 is 23.1. The van der Waals surface area contributed by atoms with Crippen molar-refractivity contribution in [2.24, 2.45) is 10.9 Å². The molecule has 2 aliphatic rings. The zero-order valence-corrected chi connectivity index (χ0v) is 23.8. The maximum absolute atomic E-state index is 14.0. The van der Waals surface area contributed by atoms with Gasteiger partial charge in [-0.2, -0.15) is 0 Å². The molecule has 0 bridgehead atoms. The molecule has 1 amide bonds. The van der Waals surface area contributed by atoms with E-state index >= 15 is 0 Å². The van der Waals surface area contributed by atoms with Crippen LogP contribution in [0.5, 0.6) is 11.5 Å². The largest absolute Gasteiger partial charge is 0.497 e. The van der Waals surface area contributed by atoms with Gasteiger partial charge in [0.05, 0.1) is 13.7 Å². The van der Waals surface area contributed by atoms with Gasteiger partial charge in [0.1, 0.15) is 17.1 Å². The second kappa shape index (κ2) is 12.7. The van der Waals surface area contributed by atoms with E-state index in [9.17, 15) is 9.59 Å². The summed E-state index contributed by atoms with van der Waals surface area (Å²) >= 11 is 0. The molecule has 9 heteroatoms. The maximum atomic E-state index is 14.0. The SMILES string of the molecule is COc1cccc([C@H]2OC(c3ccc(OCCCO)cc3)=N[C@@]2(CCC(=O)OC(C)(C)C)C(=O)NCC2CC2)c1. The van der Waals surface area contributed by atoms with Gasteiger partial charge in [-0.25, -0.2) is 4.99 Å². The van der Waals surface area contributed by atoms with Crippen LogP contribution in [-0.4, -0.2) is 60.9 Å². The summed E-state index contributed by atoms with van der Waals surface area (Å²) in [6, 6.07) is 14.6. The third-order valence-corrected chi connectivity index (χ3v) is 6.80. The first kappa shape index (κ1) is 29.4. The van der Waals surface area contributed by atoms with E-state index in [1.807, 2.05) is 57.2 Å². The number of esters is 1. The average molecular weight is 553 g/mol. The first-order valence-corrected chi connectivity index (χ1v) is 13.9. The predicted molar refractivity (Wildman–Crippen MR) is 151 cm³/mol. The van der Waals surface area contributed by atoms with E-state index in [0.717, 1.165) is 12.8 Å². The molecule has 2 N–H and O–H groups in total. The van der Waals surface area contributed by atoms with Crippen LogP contribution in [-0.2, 0) is 19.1 Å². The second-order valence-electron chi connectivity index (χ2n) is 11.3. The zero-order chi connectivity index (χ0) is 28.8. The van der Waals surface area contributed by atoms with Crippen molar-refractivity contribution >= 4 is 17.8 Å². The molecule has 9 nitrogen and oxygen atoms in total. The molecule has 216 valence electrons. The van der Waals surface area contributed by atoms with E-state index in [0.29, 0.717) is 54.0 Å². The summed E-state index contributed by atoms with van der Waals surface area (Å²) in [4.78, 5) is 31.7. The first-order valence-electron chi connectivity index (χ1n) is 13.9. The van der Waals surface area contributed by atoms with Crippen LogP contribution in [0.2, 0.25) is 0 Å². The molecule has 0 unspecified atom stereocenters. The third kappa shape index (κ3) is 7.53. The van der Waals surface area contributed by atoms with Gasteiger partial charge < -0.3 is 29.4 Å². The molecule has 4 rings (SSSR count). The molecular formula is C31H40N2O7. The molecule has 0 radical (unpaired) electrons. The highest BCUT2D eigenvalue weighted by Gasteiger charge is 2.53. The molecule has 40 heavy (non-hydrogen) atoms. The normalized spacial score (nSPS) is 20.3. The molecule has 1 saturated carbocycles. The Morgan fingerprint density at radius 2 is 1.88 bits per heavy atom. The number of aliphatic hydroxyl groups excluding tert-OH is 1. The quantitative estimate of drug-likeness (QED) is 0.280. The van der Waals surface area contributed by atoms with Crippen molar-refractivity contribution in [1.29, 1.82) is 0 Å². The fraction of sp³-hybridized carbons (Fsp3) is 0.516. The lowest BCUT2D eigenvalue weighted by Crippen LogP contribution is -2.49. The van der Waals surface area contributed by atoms with Crippen molar-refractivity contribution in [2.45, 2.75) is 70.1 Å². The lowest BCUT2D eigenvalue weighted by molar-refractivity contribution is -0.155.